The Labute approximate surface area is 111 Å². The maximum absolute atomic E-state index is 12.4. The molecule has 6 nitrogen and oxygen atoms in total. The zero-order valence-electron chi connectivity index (χ0n) is 10.9. The number of amides is 1. The van der Waals surface area contributed by atoms with Crippen molar-refractivity contribution in [1.82, 2.24) is 9.88 Å². The van der Waals surface area contributed by atoms with Gasteiger partial charge in [0.15, 0.2) is 0 Å². The predicted octanol–water partition coefficient (Wildman–Crippen LogP) is 1.03. The number of carbonyl (C=O) groups is 2. The van der Waals surface area contributed by atoms with Crippen molar-refractivity contribution in [3.8, 4) is 0 Å². The van der Waals surface area contributed by atoms with Gasteiger partial charge in [0.1, 0.15) is 5.69 Å². The minimum absolute atomic E-state index is 0.0206. The van der Waals surface area contributed by atoms with Gasteiger partial charge < -0.3 is 14.7 Å². The first-order valence-corrected chi connectivity index (χ1v) is 6.02. The lowest BCUT2D eigenvalue weighted by atomic mass is 10.1. The molecule has 0 unspecified atom stereocenters. The Bertz CT molecular complexity index is 513. The zero-order chi connectivity index (χ0) is 14.0. The van der Waals surface area contributed by atoms with E-state index < -0.39 is 11.6 Å². The summed E-state index contributed by atoms with van der Waals surface area (Å²) in [7, 11) is 0. The second kappa shape index (κ2) is 4.97. The Morgan fingerprint density at radius 1 is 1.47 bits per heavy atom. The first kappa shape index (κ1) is 13.5. The zero-order valence-corrected chi connectivity index (χ0v) is 10.9. The first-order chi connectivity index (χ1) is 8.91. The molecule has 6 heteroatoms. The number of pyridine rings is 1. The molecule has 0 radical (unpaired) electrons. The van der Waals surface area contributed by atoms with Crippen LogP contribution in [0, 0.1) is 0 Å². The lowest BCUT2D eigenvalue weighted by molar-refractivity contribution is -0.0765. The topological polar surface area (TPSA) is 79.7 Å². The first-order valence-electron chi connectivity index (χ1n) is 6.02. The molecule has 2 heterocycles. The number of carboxylic acid groups (broad SMARTS) is 1. The minimum atomic E-state index is -1.15. The smallest absolute Gasteiger partial charge is 0.338 e. The van der Waals surface area contributed by atoms with Crippen LogP contribution in [0.1, 0.15) is 34.7 Å². The molecule has 1 amide bonds. The minimum Gasteiger partial charge on any atom is -0.478 e. The van der Waals surface area contributed by atoms with Gasteiger partial charge in [-0.15, -0.1) is 0 Å². The van der Waals surface area contributed by atoms with Crippen LogP contribution < -0.4 is 0 Å². The third-order valence-electron chi connectivity index (χ3n) is 2.95. The Morgan fingerprint density at radius 3 is 2.84 bits per heavy atom. The number of ether oxygens (including phenoxy) is 1. The number of aromatic nitrogens is 1. The molecular formula is C13H16N2O4. The fourth-order valence-electron chi connectivity index (χ4n) is 2.09. The standard InChI is InChI=1S/C13H16N2O4/c1-13(2)8-15(6-7-19-13)11(16)10-9(12(17)18)4-3-5-14-10/h3-5H,6-8H2,1-2H3,(H,17,18). The molecule has 0 spiro atoms. The van der Waals surface area contributed by atoms with Crippen molar-refractivity contribution in [3.05, 3.63) is 29.6 Å². The van der Waals surface area contributed by atoms with E-state index in [1.165, 1.54) is 18.3 Å². The predicted molar refractivity (Wildman–Crippen MR) is 67.1 cm³/mol. The summed E-state index contributed by atoms with van der Waals surface area (Å²) in [4.78, 5) is 28.9. The second-order valence-electron chi connectivity index (χ2n) is 5.04. The third kappa shape index (κ3) is 2.90. The molecule has 1 aromatic heterocycles. The summed E-state index contributed by atoms with van der Waals surface area (Å²) in [6.07, 6.45) is 1.42. The van der Waals surface area contributed by atoms with Gasteiger partial charge in [0.05, 0.1) is 17.8 Å². The molecule has 1 aliphatic heterocycles. The van der Waals surface area contributed by atoms with Crippen molar-refractivity contribution in [2.75, 3.05) is 19.7 Å². The average Bonchev–Trinajstić information content (AvgIpc) is 2.36. The van der Waals surface area contributed by atoms with Gasteiger partial charge in [-0.25, -0.2) is 4.79 Å². The molecule has 1 fully saturated rings. The van der Waals surface area contributed by atoms with Crippen molar-refractivity contribution in [2.45, 2.75) is 19.4 Å². The van der Waals surface area contributed by atoms with E-state index in [-0.39, 0.29) is 17.2 Å². The quantitative estimate of drug-likeness (QED) is 0.863. The summed E-state index contributed by atoms with van der Waals surface area (Å²) < 4.78 is 5.53. The fourth-order valence-corrected chi connectivity index (χ4v) is 2.09. The fraction of sp³-hybridized carbons (Fsp3) is 0.462. The normalized spacial score (nSPS) is 18.1. The summed E-state index contributed by atoms with van der Waals surface area (Å²) in [6.45, 7) is 5.08. The van der Waals surface area contributed by atoms with E-state index in [0.29, 0.717) is 19.7 Å². The molecule has 0 bridgehead atoms. The van der Waals surface area contributed by atoms with Crippen LogP contribution in [-0.4, -0.2) is 52.2 Å². The number of hydrogen-bond donors (Lipinski definition) is 1. The van der Waals surface area contributed by atoms with Crippen LogP contribution in [0.25, 0.3) is 0 Å². The van der Waals surface area contributed by atoms with Crippen LogP contribution in [0.15, 0.2) is 18.3 Å². The molecule has 102 valence electrons. The Balaban J connectivity index is 2.27. The van der Waals surface area contributed by atoms with Gasteiger partial charge in [0.2, 0.25) is 0 Å². The summed E-state index contributed by atoms with van der Waals surface area (Å²) in [5.74, 6) is -1.52. The van der Waals surface area contributed by atoms with Crippen LogP contribution in [0.3, 0.4) is 0 Å². The van der Waals surface area contributed by atoms with Gasteiger partial charge in [-0.05, 0) is 26.0 Å². The van der Waals surface area contributed by atoms with Crippen molar-refractivity contribution in [1.29, 1.82) is 0 Å². The van der Waals surface area contributed by atoms with Gasteiger partial charge >= 0.3 is 5.97 Å². The van der Waals surface area contributed by atoms with Crippen LogP contribution >= 0.6 is 0 Å². The number of carbonyl (C=O) groups excluding carboxylic acids is 1. The number of aromatic carboxylic acids is 1. The second-order valence-corrected chi connectivity index (χ2v) is 5.04. The molecule has 0 aliphatic carbocycles. The van der Waals surface area contributed by atoms with Crippen molar-refractivity contribution >= 4 is 11.9 Å². The molecular weight excluding hydrogens is 248 g/mol. The maximum Gasteiger partial charge on any atom is 0.338 e. The van der Waals surface area contributed by atoms with E-state index in [2.05, 4.69) is 4.98 Å². The lowest BCUT2D eigenvalue weighted by Gasteiger charge is -2.38. The molecule has 0 aromatic carbocycles. The summed E-state index contributed by atoms with van der Waals surface area (Å²) in [5, 5.41) is 9.08. The highest BCUT2D eigenvalue weighted by Crippen LogP contribution is 2.19. The summed E-state index contributed by atoms with van der Waals surface area (Å²) >= 11 is 0. The van der Waals surface area contributed by atoms with Gasteiger partial charge in [0, 0.05) is 19.3 Å². The van der Waals surface area contributed by atoms with E-state index in [0.717, 1.165) is 0 Å². The van der Waals surface area contributed by atoms with Crippen LogP contribution in [0.4, 0.5) is 0 Å². The molecule has 0 saturated carbocycles. The Kier molecular flexibility index (Phi) is 3.53. The number of rotatable bonds is 2. The van der Waals surface area contributed by atoms with E-state index in [1.807, 2.05) is 13.8 Å². The summed E-state index contributed by atoms with van der Waals surface area (Å²) in [5.41, 5.74) is -0.518. The van der Waals surface area contributed by atoms with Crippen LogP contribution in [0.5, 0.6) is 0 Å². The number of hydrogen-bond acceptors (Lipinski definition) is 4. The van der Waals surface area contributed by atoms with Crippen LogP contribution in [0.2, 0.25) is 0 Å². The van der Waals surface area contributed by atoms with Crippen LogP contribution in [-0.2, 0) is 4.74 Å². The summed E-state index contributed by atoms with van der Waals surface area (Å²) in [6, 6.07) is 2.89. The van der Waals surface area contributed by atoms with E-state index in [9.17, 15) is 9.59 Å². The molecule has 2 rings (SSSR count). The average molecular weight is 264 g/mol. The molecule has 1 N–H and O–H groups in total. The molecule has 0 atom stereocenters. The van der Waals surface area contributed by atoms with Crippen molar-refractivity contribution in [2.24, 2.45) is 0 Å². The number of carboxylic acids is 1. The monoisotopic (exact) mass is 264 g/mol. The lowest BCUT2D eigenvalue weighted by Crippen LogP contribution is -2.50. The van der Waals surface area contributed by atoms with Gasteiger partial charge in [0.25, 0.3) is 5.91 Å². The van der Waals surface area contributed by atoms with E-state index in [1.54, 1.807) is 4.90 Å². The third-order valence-corrected chi connectivity index (χ3v) is 2.95. The van der Waals surface area contributed by atoms with Crippen molar-refractivity contribution in [3.63, 3.8) is 0 Å². The Morgan fingerprint density at radius 2 is 2.21 bits per heavy atom. The largest absolute Gasteiger partial charge is 0.478 e. The maximum atomic E-state index is 12.4. The van der Waals surface area contributed by atoms with E-state index in [4.69, 9.17) is 9.84 Å². The highest BCUT2D eigenvalue weighted by molar-refractivity contribution is 6.03. The molecule has 1 aliphatic rings. The molecule has 1 aromatic rings. The van der Waals surface area contributed by atoms with E-state index >= 15 is 0 Å². The SMILES string of the molecule is CC1(C)CN(C(=O)c2ncccc2C(=O)O)CCO1. The molecule has 1 saturated heterocycles. The van der Waals surface area contributed by atoms with Gasteiger partial charge in [-0.2, -0.15) is 0 Å². The van der Waals surface area contributed by atoms with Gasteiger partial charge in [-0.1, -0.05) is 0 Å². The van der Waals surface area contributed by atoms with Gasteiger partial charge in [-0.3, -0.25) is 9.78 Å². The highest BCUT2D eigenvalue weighted by Gasteiger charge is 2.32. The molecule has 19 heavy (non-hydrogen) atoms. The van der Waals surface area contributed by atoms with Crippen molar-refractivity contribution < 1.29 is 19.4 Å². The Hall–Kier alpha value is -1.95. The number of nitrogens with zero attached hydrogens (tertiary/aromatic N) is 2. The number of morpholine rings is 1. The highest BCUT2D eigenvalue weighted by atomic mass is 16.5.